The fraction of sp³-hybridized carbons (Fsp3) is 0.652. The Hall–Kier alpha value is -1.77. The summed E-state index contributed by atoms with van der Waals surface area (Å²) >= 11 is 1.64. The second-order valence-corrected chi connectivity index (χ2v) is 9.15. The van der Waals surface area contributed by atoms with Crippen molar-refractivity contribution >= 4 is 23.6 Å². The van der Waals surface area contributed by atoms with Gasteiger partial charge >= 0.3 is 5.97 Å². The second-order valence-electron chi connectivity index (χ2n) is 8.16. The first-order valence-electron chi connectivity index (χ1n) is 11.0. The number of carbonyl (C=O) groups excluding carboxylic acids is 2. The third kappa shape index (κ3) is 9.09. The molecule has 1 aromatic rings. The van der Waals surface area contributed by atoms with Gasteiger partial charge in [-0.15, -0.1) is 0 Å². The number of rotatable bonds is 13. The molecule has 0 spiro atoms. The predicted octanol–water partition coefficient (Wildman–Crippen LogP) is 2.44. The van der Waals surface area contributed by atoms with Gasteiger partial charge in [-0.3, -0.25) is 9.69 Å². The zero-order valence-electron chi connectivity index (χ0n) is 19.2. The second kappa shape index (κ2) is 13.6. The number of nitrogens with zero attached hydrogens (tertiary/aromatic N) is 1. The summed E-state index contributed by atoms with van der Waals surface area (Å²) in [7, 11) is 1.66. The number of hydrogen-bond acceptors (Lipinski definition) is 7. The van der Waals surface area contributed by atoms with Gasteiger partial charge in [-0.1, -0.05) is 18.2 Å². The molecule has 174 valence electrons. The lowest BCUT2D eigenvalue weighted by molar-refractivity contribution is -0.151. The molecule has 1 fully saturated rings. The predicted molar refractivity (Wildman–Crippen MR) is 125 cm³/mol. The summed E-state index contributed by atoms with van der Waals surface area (Å²) < 4.78 is 10.8. The highest BCUT2D eigenvalue weighted by Gasteiger charge is 2.25. The average Bonchev–Trinajstić information content (AvgIpc) is 3.23. The molecule has 0 unspecified atom stereocenters. The molecule has 8 heteroatoms. The number of thioether (sulfide) groups is 1. The van der Waals surface area contributed by atoms with Crippen LogP contribution in [0.25, 0.3) is 0 Å². The molecule has 7 nitrogen and oxygen atoms in total. The van der Waals surface area contributed by atoms with Crippen molar-refractivity contribution in [3.63, 3.8) is 0 Å². The molecule has 0 aliphatic carbocycles. The van der Waals surface area contributed by atoms with Crippen LogP contribution < -0.4 is 15.4 Å². The van der Waals surface area contributed by atoms with Crippen LogP contribution >= 0.6 is 11.8 Å². The molecule has 0 radical (unpaired) electrons. The Bertz CT molecular complexity index is 695. The Morgan fingerprint density at radius 1 is 1.32 bits per heavy atom. The summed E-state index contributed by atoms with van der Waals surface area (Å²) in [6, 6.07) is 7.61. The first-order valence-corrected chi connectivity index (χ1v) is 12.4. The van der Waals surface area contributed by atoms with Gasteiger partial charge in [0, 0.05) is 24.7 Å². The summed E-state index contributed by atoms with van der Waals surface area (Å²) in [5.74, 6) is 1.05. The van der Waals surface area contributed by atoms with Crippen LogP contribution in [-0.4, -0.2) is 73.7 Å². The maximum absolute atomic E-state index is 12.9. The van der Waals surface area contributed by atoms with Crippen molar-refractivity contribution in [2.24, 2.45) is 0 Å². The van der Waals surface area contributed by atoms with Crippen molar-refractivity contribution < 1.29 is 19.1 Å². The smallest absolute Gasteiger partial charge is 0.328 e. The topological polar surface area (TPSA) is 79.9 Å². The number of ether oxygens (including phenoxy) is 2. The number of nitrogens with one attached hydrogen (secondary N) is 2. The average molecular weight is 452 g/mol. The molecule has 2 rings (SSSR count). The zero-order valence-corrected chi connectivity index (χ0v) is 20.0. The minimum Gasteiger partial charge on any atom is -0.496 e. The van der Waals surface area contributed by atoms with E-state index < -0.39 is 6.04 Å². The molecule has 1 amide bonds. The third-order valence-corrected chi connectivity index (χ3v) is 5.82. The molecule has 1 heterocycles. The number of methoxy groups -OCH3 is 1. The molecule has 0 aromatic heterocycles. The Balaban J connectivity index is 2.06. The maximum Gasteiger partial charge on any atom is 0.328 e. The third-order valence-electron chi connectivity index (χ3n) is 5.18. The molecule has 31 heavy (non-hydrogen) atoms. The van der Waals surface area contributed by atoms with Crippen molar-refractivity contribution in [1.29, 1.82) is 0 Å². The Labute approximate surface area is 190 Å². The summed E-state index contributed by atoms with van der Waals surface area (Å²) in [4.78, 5) is 27.5. The van der Waals surface area contributed by atoms with E-state index in [9.17, 15) is 9.59 Å². The Morgan fingerprint density at radius 2 is 2.10 bits per heavy atom. The van der Waals surface area contributed by atoms with E-state index in [-0.39, 0.29) is 24.5 Å². The van der Waals surface area contributed by atoms with E-state index >= 15 is 0 Å². The van der Waals surface area contributed by atoms with Crippen molar-refractivity contribution in [2.45, 2.75) is 57.8 Å². The number of hydrogen-bond donors (Lipinski definition) is 2. The lowest BCUT2D eigenvalue weighted by Crippen LogP contribution is -2.48. The van der Waals surface area contributed by atoms with Gasteiger partial charge in [-0.2, -0.15) is 11.8 Å². The zero-order chi connectivity index (χ0) is 22.6. The highest BCUT2D eigenvalue weighted by molar-refractivity contribution is 7.98. The monoisotopic (exact) mass is 451 g/mol. The van der Waals surface area contributed by atoms with Crippen LogP contribution in [0.15, 0.2) is 24.3 Å². The molecule has 1 aromatic carbocycles. The van der Waals surface area contributed by atoms with E-state index in [0.29, 0.717) is 19.0 Å². The van der Waals surface area contributed by atoms with E-state index in [1.807, 2.05) is 44.4 Å². The SMILES string of the molecule is COc1ccccc1CN(CC(=O)N[C@@H](CCSC)C(=O)OC(C)C)C[C@@H]1CCCN1. The van der Waals surface area contributed by atoms with Gasteiger partial charge in [0.05, 0.1) is 19.8 Å². The highest BCUT2D eigenvalue weighted by Crippen LogP contribution is 2.20. The van der Waals surface area contributed by atoms with Crippen LogP contribution in [0, 0.1) is 0 Å². The van der Waals surface area contributed by atoms with Gasteiger partial charge < -0.3 is 20.1 Å². The molecule has 0 bridgehead atoms. The molecule has 0 saturated carbocycles. The Kier molecular flexibility index (Phi) is 11.2. The Morgan fingerprint density at radius 3 is 2.74 bits per heavy atom. The van der Waals surface area contributed by atoms with Gasteiger partial charge in [0.15, 0.2) is 0 Å². The van der Waals surface area contributed by atoms with Gasteiger partial charge in [-0.25, -0.2) is 4.79 Å². The maximum atomic E-state index is 12.9. The van der Waals surface area contributed by atoms with Gasteiger partial charge in [0.2, 0.25) is 5.91 Å². The van der Waals surface area contributed by atoms with Crippen LogP contribution in [0.4, 0.5) is 0 Å². The van der Waals surface area contributed by atoms with Crippen molar-refractivity contribution in [2.75, 3.05) is 38.8 Å². The largest absolute Gasteiger partial charge is 0.496 e. The van der Waals surface area contributed by atoms with Crippen molar-refractivity contribution in [3.05, 3.63) is 29.8 Å². The quantitative estimate of drug-likeness (QED) is 0.446. The molecular weight excluding hydrogens is 414 g/mol. The highest BCUT2D eigenvalue weighted by atomic mass is 32.2. The fourth-order valence-electron chi connectivity index (χ4n) is 3.73. The molecule has 1 aliphatic heterocycles. The summed E-state index contributed by atoms with van der Waals surface area (Å²) in [5, 5.41) is 6.41. The fourth-order valence-corrected chi connectivity index (χ4v) is 4.20. The summed E-state index contributed by atoms with van der Waals surface area (Å²) in [6.07, 6.45) is 4.57. The number of benzene rings is 1. The van der Waals surface area contributed by atoms with Crippen LogP contribution in [0.2, 0.25) is 0 Å². The standard InChI is InChI=1S/C23H37N3O4S/c1-17(2)30-23(28)20(11-13-31-4)25-22(27)16-26(15-19-9-7-12-24-19)14-18-8-5-6-10-21(18)29-3/h5-6,8,10,17,19-20,24H,7,9,11-16H2,1-4H3,(H,25,27)/t19-,20-/m0/s1. The van der Waals surface area contributed by atoms with Crippen LogP contribution in [-0.2, 0) is 20.9 Å². The van der Waals surface area contributed by atoms with E-state index in [0.717, 1.165) is 43.0 Å². The molecular formula is C23H37N3O4S. The lowest BCUT2D eigenvalue weighted by atomic mass is 10.1. The lowest BCUT2D eigenvalue weighted by Gasteiger charge is -2.27. The van der Waals surface area contributed by atoms with Crippen LogP contribution in [0.5, 0.6) is 5.75 Å². The number of para-hydroxylation sites is 1. The van der Waals surface area contributed by atoms with Crippen LogP contribution in [0.3, 0.4) is 0 Å². The van der Waals surface area contributed by atoms with E-state index in [4.69, 9.17) is 9.47 Å². The molecule has 2 N–H and O–H groups in total. The number of esters is 1. The summed E-state index contributed by atoms with van der Waals surface area (Å²) in [5.41, 5.74) is 1.04. The van der Waals surface area contributed by atoms with Crippen molar-refractivity contribution in [3.8, 4) is 5.75 Å². The van der Waals surface area contributed by atoms with Gasteiger partial charge in [-0.05, 0) is 57.7 Å². The van der Waals surface area contributed by atoms with Crippen molar-refractivity contribution in [1.82, 2.24) is 15.5 Å². The minimum atomic E-state index is -0.625. The number of amides is 1. The van der Waals surface area contributed by atoms with E-state index in [1.54, 1.807) is 18.9 Å². The van der Waals surface area contributed by atoms with Gasteiger partial charge in [0.25, 0.3) is 0 Å². The van der Waals surface area contributed by atoms with E-state index in [1.165, 1.54) is 0 Å². The van der Waals surface area contributed by atoms with Crippen LogP contribution in [0.1, 0.15) is 38.7 Å². The van der Waals surface area contributed by atoms with E-state index in [2.05, 4.69) is 15.5 Å². The normalized spacial score (nSPS) is 17.0. The number of carbonyl (C=O) groups is 2. The molecule has 2 atom stereocenters. The molecule has 1 aliphatic rings. The minimum absolute atomic E-state index is 0.167. The van der Waals surface area contributed by atoms with Gasteiger partial charge in [0.1, 0.15) is 11.8 Å². The molecule has 1 saturated heterocycles. The first-order chi connectivity index (χ1) is 14.9. The first kappa shape index (κ1) is 25.5. The summed E-state index contributed by atoms with van der Waals surface area (Å²) in [6.45, 7) is 6.21.